The van der Waals surface area contributed by atoms with Crippen molar-refractivity contribution < 1.29 is 33.2 Å². The number of fused-ring (bicyclic) bond motifs is 4. The molecule has 4 aromatic rings. The highest BCUT2D eigenvalue weighted by Gasteiger charge is 2.31. The van der Waals surface area contributed by atoms with Crippen LogP contribution in [0.1, 0.15) is 28.3 Å². The molecule has 12 nitrogen and oxygen atoms in total. The van der Waals surface area contributed by atoms with Crippen molar-refractivity contribution in [1.82, 2.24) is 24.8 Å². The maximum absolute atomic E-state index is 13.6. The third-order valence-corrected chi connectivity index (χ3v) is 8.15. The molecule has 1 fully saturated rings. The zero-order valence-corrected chi connectivity index (χ0v) is 22.9. The molecule has 42 heavy (non-hydrogen) atoms. The van der Waals surface area contributed by atoms with Gasteiger partial charge in [-0.15, -0.1) is 5.10 Å². The number of nitrogens with zero attached hydrogens (tertiary/aromatic N) is 5. The first-order valence-corrected chi connectivity index (χ1v) is 14.1. The number of carbonyl (C=O) groups excluding carboxylic acids is 1. The molecule has 1 saturated heterocycles. The Hall–Kier alpha value is -4.39. The summed E-state index contributed by atoms with van der Waals surface area (Å²) in [6.45, 7) is 4.91. The molecule has 0 aliphatic carbocycles. The topological polar surface area (TPSA) is 110 Å². The fourth-order valence-electron chi connectivity index (χ4n) is 6.08. The van der Waals surface area contributed by atoms with Gasteiger partial charge in [-0.05, 0) is 35.4 Å². The lowest BCUT2D eigenvalue weighted by atomic mass is 9.93. The molecule has 0 saturated carbocycles. The molecule has 3 aromatic carbocycles. The molecular weight excluding hydrogens is 542 g/mol. The van der Waals surface area contributed by atoms with E-state index in [0.717, 1.165) is 33.8 Å². The number of piperazine rings is 1. The molecule has 0 atom stereocenters. The highest BCUT2D eigenvalue weighted by molar-refractivity contribution is 5.89. The zero-order valence-electron chi connectivity index (χ0n) is 22.9. The quantitative estimate of drug-likeness (QED) is 0.363. The number of ether oxygens (including phenoxy) is 6. The Kier molecular flexibility index (Phi) is 6.31. The molecule has 0 radical (unpaired) electrons. The second-order valence-electron chi connectivity index (χ2n) is 10.6. The van der Waals surface area contributed by atoms with E-state index >= 15 is 0 Å². The monoisotopic (exact) mass is 571 g/mol. The summed E-state index contributed by atoms with van der Waals surface area (Å²) in [6.07, 6.45) is 0. The van der Waals surface area contributed by atoms with E-state index < -0.39 is 0 Å². The third kappa shape index (κ3) is 4.48. The Bertz CT molecular complexity index is 1610. The van der Waals surface area contributed by atoms with Crippen molar-refractivity contribution in [1.29, 1.82) is 0 Å². The van der Waals surface area contributed by atoms with Crippen molar-refractivity contribution in [2.45, 2.75) is 19.3 Å². The summed E-state index contributed by atoms with van der Waals surface area (Å²) in [5.41, 5.74) is 5.51. The van der Waals surface area contributed by atoms with Crippen molar-refractivity contribution >= 4 is 17.1 Å². The number of amides is 1. The summed E-state index contributed by atoms with van der Waals surface area (Å²) in [5, 5.41) is 8.39. The van der Waals surface area contributed by atoms with Crippen LogP contribution in [-0.4, -0.2) is 83.8 Å². The summed E-state index contributed by atoms with van der Waals surface area (Å²) >= 11 is 0. The first kappa shape index (κ1) is 25.3. The van der Waals surface area contributed by atoms with Crippen LogP contribution in [0.3, 0.4) is 0 Å². The van der Waals surface area contributed by atoms with Crippen molar-refractivity contribution in [3.8, 4) is 23.0 Å². The minimum Gasteiger partial charge on any atom is -0.486 e. The molecule has 216 valence electrons. The molecule has 0 spiro atoms. The third-order valence-electron chi connectivity index (χ3n) is 8.15. The first-order valence-electron chi connectivity index (χ1n) is 14.1. The van der Waals surface area contributed by atoms with Crippen LogP contribution < -0.4 is 18.9 Å². The normalized spacial score (nSPS) is 18.3. The highest BCUT2D eigenvalue weighted by atomic mass is 16.7. The van der Waals surface area contributed by atoms with Crippen LogP contribution in [0.25, 0.3) is 11.0 Å². The van der Waals surface area contributed by atoms with Crippen LogP contribution in [0.15, 0.2) is 48.5 Å². The first-order chi connectivity index (χ1) is 20.7. The number of rotatable bonds is 3. The van der Waals surface area contributed by atoms with E-state index in [1.54, 1.807) is 12.1 Å². The fraction of sp³-hybridized carbons (Fsp3) is 0.367. The molecule has 8 rings (SSSR count). The van der Waals surface area contributed by atoms with E-state index in [1.165, 1.54) is 4.68 Å². The molecule has 12 heteroatoms. The van der Waals surface area contributed by atoms with Crippen molar-refractivity contribution in [3.05, 3.63) is 70.8 Å². The van der Waals surface area contributed by atoms with Crippen LogP contribution in [0.2, 0.25) is 0 Å². The van der Waals surface area contributed by atoms with Gasteiger partial charge in [0.1, 0.15) is 35.7 Å². The summed E-state index contributed by atoms with van der Waals surface area (Å²) in [5.74, 6) is 2.92. The van der Waals surface area contributed by atoms with Gasteiger partial charge in [0, 0.05) is 49.4 Å². The summed E-state index contributed by atoms with van der Waals surface area (Å²) in [4.78, 5) is 17.8. The van der Waals surface area contributed by atoms with Gasteiger partial charge in [0.2, 0.25) is 0 Å². The van der Waals surface area contributed by atoms with E-state index in [-0.39, 0.29) is 25.7 Å². The average molecular weight is 572 g/mol. The van der Waals surface area contributed by atoms with Crippen LogP contribution in [-0.2, 0) is 22.7 Å². The lowest BCUT2D eigenvalue weighted by Gasteiger charge is -2.40. The SMILES string of the molecule is O=C(N1CCN(C(c2ccc3c(c2)COCO3)c2ccc3c(c2)COCO3)CC1)n1nnc2cc3c(cc21)OCCO3. The largest absolute Gasteiger partial charge is 0.486 e. The minimum atomic E-state index is -0.212. The van der Waals surface area contributed by atoms with E-state index in [4.69, 9.17) is 28.4 Å². The number of benzene rings is 3. The van der Waals surface area contributed by atoms with E-state index in [0.29, 0.717) is 75.1 Å². The van der Waals surface area contributed by atoms with Crippen molar-refractivity contribution in [2.75, 3.05) is 53.0 Å². The van der Waals surface area contributed by atoms with Crippen molar-refractivity contribution in [2.24, 2.45) is 0 Å². The Morgan fingerprint density at radius 2 is 1.33 bits per heavy atom. The zero-order chi connectivity index (χ0) is 28.0. The van der Waals surface area contributed by atoms with Crippen LogP contribution in [0.4, 0.5) is 4.79 Å². The van der Waals surface area contributed by atoms with Gasteiger partial charge in [0.15, 0.2) is 25.1 Å². The Morgan fingerprint density at radius 3 is 1.98 bits per heavy atom. The highest BCUT2D eigenvalue weighted by Crippen LogP contribution is 2.37. The predicted molar refractivity (Wildman–Crippen MR) is 148 cm³/mol. The maximum Gasteiger partial charge on any atom is 0.346 e. The lowest BCUT2D eigenvalue weighted by Crippen LogP contribution is -2.51. The van der Waals surface area contributed by atoms with Crippen molar-refractivity contribution in [3.63, 3.8) is 0 Å². The van der Waals surface area contributed by atoms with Crippen LogP contribution in [0, 0.1) is 0 Å². The standard InChI is InChI=1S/C30H29N5O7/c36-30(35-24-14-28-27(39-9-10-40-28)13-23(24)31-32-35)34-7-5-33(6-8-34)29(19-1-3-25-21(11-19)15-37-17-41-25)20-2-4-26-22(12-20)16-38-18-42-26/h1-4,11-14,29H,5-10,15-18H2. The van der Waals surface area contributed by atoms with Gasteiger partial charge in [0.05, 0.1) is 19.3 Å². The van der Waals surface area contributed by atoms with Gasteiger partial charge in [-0.3, -0.25) is 4.90 Å². The molecular formula is C30H29N5O7. The molecule has 1 amide bonds. The average Bonchev–Trinajstić information content (AvgIpc) is 3.46. The summed E-state index contributed by atoms with van der Waals surface area (Å²) < 4.78 is 35.2. The van der Waals surface area contributed by atoms with Gasteiger partial charge in [0.25, 0.3) is 0 Å². The molecule has 5 heterocycles. The molecule has 4 aliphatic rings. The van der Waals surface area contributed by atoms with E-state index in [9.17, 15) is 4.79 Å². The minimum absolute atomic E-state index is 0.0439. The smallest absolute Gasteiger partial charge is 0.346 e. The fourth-order valence-corrected chi connectivity index (χ4v) is 6.08. The second kappa shape index (κ2) is 10.5. The predicted octanol–water partition coefficient (Wildman–Crippen LogP) is 3.31. The van der Waals surface area contributed by atoms with Gasteiger partial charge >= 0.3 is 6.03 Å². The van der Waals surface area contributed by atoms with Gasteiger partial charge in [-0.1, -0.05) is 17.3 Å². The molecule has 4 aliphatic heterocycles. The van der Waals surface area contributed by atoms with Gasteiger partial charge < -0.3 is 33.3 Å². The maximum atomic E-state index is 13.6. The van der Waals surface area contributed by atoms with Crippen LogP contribution in [0.5, 0.6) is 23.0 Å². The Labute approximate surface area is 241 Å². The molecule has 0 unspecified atom stereocenters. The van der Waals surface area contributed by atoms with Gasteiger partial charge in [-0.25, -0.2) is 4.79 Å². The molecule has 0 N–H and O–H groups in total. The summed E-state index contributed by atoms with van der Waals surface area (Å²) in [6, 6.07) is 15.9. The number of hydrogen-bond donors (Lipinski definition) is 0. The Morgan fingerprint density at radius 1 is 0.714 bits per heavy atom. The molecule has 0 bridgehead atoms. The second-order valence-corrected chi connectivity index (χ2v) is 10.6. The van der Waals surface area contributed by atoms with E-state index in [2.05, 4.69) is 39.5 Å². The molecule has 1 aromatic heterocycles. The lowest BCUT2D eigenvalue weighted by molar-refractivity contribution is -0.0165. The van der Waals surface area contributed by atoms with Crippen LogP contribution >= 0.6 is 0 Å². The number of aromatic nitrogens is 3. The summed E-state index contributed by atoms with van der Waals surface area (Å²) in [7, 11) is 0. The van der Waals surface area contributed by atoms with E-state index in [1.807, 2.05) is 17.0 Å². The number of carbonyl (C=O) groups is 1. The Balaban J connectivity index is 1.06. The van der Waals surface area contributed by atoms with Gasteiger partial charge in [-0.2, -0.15) is 4.68 Å². The number of hydrogen-bond acceptors (Lipinski definition) is 10.